The van der Waals surface area contributed by atoms with Gasteiger partial charge in [-0.1, -0.05) is 20.8 Å². The van der Waals surface area contributed by atoms with Gasteiger partial charge < -0.3 is 0 Å². The van der Waals surface area contributed by atoms with Crippen molar-refractivity contribution in [2.75, 3.05) is 0 Å². The van der Waals surface area contributed by atoms with Crippen LogP contribution in [0.15, 0.2) is 0 Å². The third-order valence-electron chi connectivity index (χ3n) is 2.68. The Kier molecular flexibility index (Phi) is 3.12. The first-order valence-electron chi connectivity index (χ1n) is 5.09. The highest BCUT2D eigenvalue weighted by Gasteiger charge is 2.48. The molecule has 0 spiro atoms. The van der Waals surface area contributed by atoms with Crippen LogP contribution in [-0.4, -0.2) is 17.8 Å². The molecule has 1 fully saturated rings. The Morgan fingerprint density at radius 2 is 1.60 bits per heavy atom. The number of hydrogen-bond donors (Lipinski definition) is 2. The van der Waals surface area contributed by atoms with Crippen LogP contribution in [0.2, 0.25) is 0 Å². The van der Waals surface area contributed by atoms with Gasteiger partial charge in [0.2, 0.25) is 11.8 Å². The van der Waals surface area contributed by atoms with Crippen molar-refractivity contribution in [3.63, 3.8) is 0 Å². The van der Waals surface area contributed by atoms with E-state index in [1.807, 2.05) is 13.8 Å². The summed E-state index contributed by atoms with van der Waals surface area (Å²) in [5.41, 5.74) is -1.08. The lowest BCUT2D eigenvalue weighted by Crippen LogP contribution is -2.62. The lowest BCUT2D eigenvalue weighted by Gasteiger charge is -2.34. The minimum absolute atomic E-state index is 0.217. The SMILES string of the molecule is CCC1(CC(C)C)C(=O)NC(=O)NC1=O. The molecule has 1 saturated heterocycles. The maximum absolute atomic E-state index is 11.7. The minimum atomic E-state index is -1.08. The first-order chi connectivity index (χ1) is 6.92. The maximum atomic E-state index is 11.7. The number of carbonyl (C=O) groups excluding carboxylic acids is 3. The van der Waals surface area contributed by atoms with Crippen LogP contribution in [0, 0.1) is 11.3 Å². The van der Waals surface area contributed by atoms with Crippen LogP contribution in [0.3, 0.4) is 0 Å². The topological polar surface area (TPSA) is 75.3 Å². The van der Waals surface area contributed by atoms with Crippen molar-refractivity contribution < 1.29 is 14.4 Å². The molecule has 84 valence electrons. The molecule has 0 saturated carbocycles. The van der Waals surface area contributed by atoms with E-state index in [-0.39, 0.29) is 5.92 Å². The fourth-order valence-electron chi connectivity index (χ4n) is 1.93. The summed E-state index contributed by atoms with van der Waals surface area (Å²) in [5, 5.41) is 4.29. The maximum Gasteiger partial charge on any atom is 0.328 e. The summed E-state index contributed by atoms with van der Waals surface area (Å²) >= 11 is 0. The van der Waals surface area contributed by atoms with Gasteiger partial charge in [-0.25, -0.2) is 4.79 Å². The fourth-order valence-corrected chi connectivity index (χ4v) is 1.93. The van der Waals surface area contributed by atoms with E-state index in [4.69, 9.17) is 0 Å². The van der Waals surface area contributed by atoms with Crippen molar-refractivity contribution in [2.45, 2.75) is 33.6 Å². The minimum Gasteiger partial charge on any atom is -0.277 e. The largest absolute Gasteiger partial charge is 0.328 e. The summed E-state index contributed by atoms with van der Waals surface area (Å²) < 4.78 is 0. The first-order valence-corrected chi connectivity index (χ1v) is 5.09. The normalized spacial score (nSPS) is 20.1. The second-order valence-electron chi connectivity index (χ2n) is 4.27. The number of rotatable bonds is 3. The number of carbonyl (C=O) groups is 3. The molecule has 0 atom stereocenters. The molecule has 0 aromatic rings. The average molecular weight is 212 g/mol. The van der Waals surface area contributed by atoms with Gasteiger partial charge in [0.15, 0.2) is 0 Å². The van der Waals surface area contributed by atoms with Crippen molar-refractivity contribution in [3.8, 4) is 0 Å². The molecule has 0 aromatic heterocycles. The molecule has 0 unspecified atom stereocenters. The second-order valence-corrected chi connectivity index (χ2v) is 4.27. The average Bonchev–Trinajstić information content (AvgIpc) is 2.11. The number of nitrogens with one attached hydrogen (secondary N) is 2. The van der Waals surface area contributed by atoms with Crippen LogP contribution in [0.25, 0.3) is 0 Å². The molecule has 1 heterocycles. The van der Waals surface area contributed by atoms with Crippen molar-refractivity contribution in [2.24, 2.45) is 11.3 Å². The van der Waals surface area contributed by atoms with E-state index in [0.29, 0.717) is 12.8 Å². The number of urea groups is 1. The molecule has 1 aliphatic heterocycles. The number of imide groups is 2. The van der Waals surface area contributed by atoms with Gasteiger partial charge in [-0.15, -0.1) is 0 Å². The highest BCUT2D eigenvalue weighted by atomic mass is 16.2. The summed E-state index contributed by atoms with van der Waals surface area (Å²) in [5.74, 6) is -0.741. The molecule has 0 aromatic carbocycles. The zero-order chi connectivity index (χ0) is 11.6. The number of amides is 4. The van der Waals surface area contributed by atoms with Gasteiger partial charge in [0.1, 0.15) is 5.41 Å². The third-order valence-corrected chi connectivity index (χ3v) is 2.68. The molecule has 2 N–H and O–H groups in total. The van der Waals surface area contributed by atoms with Crippen molar-refractivity contribution in [3.05, 3.63) is 0 Å². The van der Waals surface area contributed by atoms with Crippen LogP contribution in [0.4, 0.5) is 4.79 Å². The van der Waals surface area contributed by atoms with E-state index in [9.17, 15) is 14.4 Å². The predicted molar refractivity (Wildman–Crippen MR) is 53.9 cm³/mol. The van der Waals surface area contributed by atoms with E-state index in [1.54, 1.807) is 6.92 Å². The first kappa shape index (κ1) is 11.7. The zero-order valence-electron chi connectivity index (χ0n) is 9.22. The van der Waals surface area contributed by atoms with Gasteiger partial charge in [-0.3, -0.25) is 20.2 Å². The summed E-state index contributed by atoms with van der Waals surface area (Å²) in [4.78, 5) is 34.3. The zero-order valence-corrected chi connectivity index (χ0v) is 9.22. The lowest BCUT2D eigenvalue weighted by atomic mass is 9.75. The van der Waals surface area contributed by atoms with Crippen molar-refractivity contribution in [1.82, 2.24) is 10.6 Å². The Labute approximate surface area is 88.6 Å². The second kappa shape index (κ2) is 4.00. The standard InChI is InChI=1S/C10H16N2O3/c1-4-10(5-6(2)3)7(13)11-9(15)12-8(10)14/h6H,4-5H2,1-3H3,(H2,11,12,13,14,15). The molecule has 0 aliphatic carbocycles. The Bertz CT molecular complexity index is 290. The van der Waals surface area contributed by atoms with Gasteiger partial charge in [0, 0.05) is 0 Å². The van der Waals surface area contributed by atoms with Crippen LogP contribution in [0.1, 0.15) is 33.6 Å². The molecule has 0 radical (unpaired) electrons. The summed E-state index contributed by atoms with van der Waals surface area (Å²) in [6, 6.07) is -0.724. The molecule has 4 amide bonds. The van der Waals surface area contributed by atoms with Crippen LogP contribution in [0.5, 0.6) is 0 Å². The van der Waals surface area contributed by atoms with Gasteiger partial charge >= 0.3 is 6.03 Å². The Hall–Kier alpha value is -1.39. The fraction of sp³-hybridized carbons (Fsp3) is 0.700. The smallest absolute Gasteiger partial charge is 0.277 e. The van der Waals surface area contributed by atoms with Crippen molar-refractivity contribution >= 4 is 17.8 Å². The quantitative estimate of drug-likeness (QED) is 0.679. The lowest BCUT2D eigenvalue weighted by molar-refractivity contribution is -0.145. The highest BCUT2D eigenvalue weighted by molar-refractivity contribution is 6.19. The molecule has 15 heavy (non-hydrogen) atoms. The molecule has 5 nitrogen and oxygen atoms in total. The Balaban J connectivity index is 3.00. The van der Waals surface area contributed by atoms with Crippen molar-refractivity contribution in [1.29, 1.82) is 0 Å². The van der Waals surface area contributed by atoms with Gasteiger partial charge in [-0.2, -0.15) is 0 Å². The summed E-state index contributed by atoms with van der Waals surface area (Å²) in [7, 11) is 0. The molecular formula is C10H16N2O3. The van der Waals surface area contributed by atoms with Crippen LogP contribution in [-0.2, 0) is 9.59 Å². The van der Waals surface area contributed by atoms with Crippen LogP contribution >= 0.6 is 0 Å². The van der Waals surface area contributed by atoms with E-state index in [2.05, 4.69) is 10.6 Å². The molecule has 1 rings (SSSR count). The third kappa shape index (κ3) is 2.00. The summed E-state index contributed by atoms with van der Waals surface area (Å²) in [6.07, 6.45) is 0.852. The van der Waals surface area contributed by atoms with E-state index in [0.717, 1.165) is 0 Å². The number of hydrogen-bond acceptors (Lipinski definition) is 3. The molecule has 0 bridgehead atoms. The van der Waals surface area contributed by atoms with Crippen LogP contribution < -0.4 is 10.6 Å². The van der Waals surface area contributed by atoms with E-state index in [1.165, 1.54) is 0 Å². The molecule has 1 aliphatic rings. The molecule has 5 heteroatoms. The van der Waals surface area contributed by atoms with Gasteiger partial charge in [0.25, 0.3) is 0 Å². The monoisotopic (exact) mass is 212 g/mol. The van der Waals surface area contributed by atoms with E-state index < -0.39 is 23.3 Å². The Morgan fingerprint density at radius 1 is 1.13 bits per heavy atom. The summed E-state index contributed by atoms with van der Waals surface area (Å²) in [6.45, 7) is 5.65. The molecular weight excluding hydrogens is 196 g/mol. The van der Waals surface area contributed by atoms with E-state index >= 15 is 0 Å². The Morgan fingerprint density at radius 3 is 1.93 bits per heavy atom. The number of barbiturate groups is 1. The highest BCUT2D eigenvalue weighted by Crippen LogP contribution is 2.32. The van der Waals surface area contributed by atoms with Gasteiger partial charge in [0.05, 0.1) is 0 Å². The predicted octanol–water partition coefficient (Wildman–Crippen LogP) is 0.795. The van der Waals surface area contributed by atoms with Gasteiger partial charge in [-0.05, 0) is 18.8 Å².